The van der Waals surface area contributed by atoms with Crippen LogP contribution in [0.25, 0.3) is 0 Å². The van der Waals surface area contributed by atoms with Gasteiger partial charge in [0.05, 0.1) is 25.7 Å². The lowest BCUT2D eigenvalue weighted by Gasteiger charge is -2.11. The summed E-state index contributed by atoms with van der Waals surface area (Å²) in [5, 5.41) is 0.314. The van der Waals surface area contributed by atoms with Crippen LogP contribution in [-0.2, 0) is 10.0 Å². The van der Waals surface area contributed by atoms with E-state index in [1.54, 1.807) is 0 Å². The minimum absolute atomic E-state index is 0.0401. The molecule has 112 valence electrons. The van der Waals surface area contributed by atoms with E-state index in [1.807, 2.05) is 0 Å². The van der Waals surface area contributed by atoms with Crippen LogP contribution in [0, 0.1) is 12.7 Å². The highest BCUT2D eigenvalue weighted by molar-refractivity contribution is 7.92. The SMILES string of the molecule is Cc1cc(NS(=O)(=O)c2ccc(Cl)c(Cl)c2)c(Cl)cc1F. The maximum atomic E-state index is 13.3. The van der Waals surface area contributed by atoms with E-state index in [2.05, 4.69) is 4.72 Å². The molecule has 2 aromatic rings. The summed E-state index contributed by atoms with van der Waals surface area (Å²) >= 11 is 17.4. The van der Waals surface area contributed by atoms with E-state index < -0.39 is 15.8 Å². The normalized spacial score (nSPS) is 11.5. The van der Waals surface area contributed by atoms with Gasteiger partial charge in [0, 0.05) is 0 Å². The average Bonchev–Trinajstić information content (AvgIpc) is 2.39. The first kappa shape index (κ1) is 16.4. The Morgan fingerprint density at radius 2 is 1.67 bits per heavy atom. The number of halogens is 4. The van der Waals surface area contributed by atoms with Gasteiger partial charge in [0.1, 0.15) is 5.82 Å². The van der Waals surface area contributed by atoms with Crippen LogP contribution in [0.2, 0.25) is 15.1 Å². The summed E-state index contributed by atoms with van der Waals surface area (Å²) < 4.78 is 40.1. The van der Waals surface area contributed by atoms with Gasteiger partial charge in [-0.2, -0.15) is 0 Å². The zero-order chi connectivity index (χ0) is 15.8. The lowest BCUT2D eigenvalue weighted by Crippen LogP contribution is -2.13. The first-order valence-corrected chi connectivity index (χ1v) is 8.26. The fourth-order valence-electron chi connectivity index (χ4n) is 1.58. The van der Waals surface area contributed by atoms with Crippen molar-refractivity contribution in [3.05, 3.63) is 56.8 Å². The van der Waals surface area contributed by atoms with Crippen molar-refractivity contribution in [2.24, 2.45) is 0 Å². The zero-order valence-corrected chi connectivity index (χ0v) is 13.7. The molecule has 2 rings (SSSR count). The highest BCUT2D eigenvalue weighted by Crippen LogP contribution is 2.29. The van der Waals surface area contributed by atoms with Gasteiger partial charge in [-0.05, 0) is 42.8 Å². The van der Waals surface area contributed by atoms with Crippen molar-refractivity contribution in [3.8, 4) is 0 Å². The molecule has 0 saturated carbocycles. The lowest BCUT2D eigenvalue weighted by atomic mass is 10.2. The summed E-state index contributed by atoms with van der Waals surface area (Å²) in [6.07, 6.45) is 0. The van der Waals surface area contributed by atoms with Crippen molar-refractivity contribution in [3.63, 3.8) is 0 Å². The molecule has 0 heterocycles. The highest BCUT2D eigenvalue weighted by Gasteiger charge is 2.18. The van der Waals surface area contributed by atoms with Gasteiger partial charge in [0.2, 0.25) is 0 Å². The van der Waals surface area contributed by atoms with Gasteiger partial charge in [-0.3, -0.25) is 4.72 Å². The number of aryl methyl sites for hydroxylation is 1. The average molecular weight is 369 g/mol. The number of benzene rings is 2. The minimum atomic E-state index is -3.90. The topological polar surface area (TPSA) is 46.2 Å². The highest BCUT2D eigenvalue weighted by atomic mass is 35.5. The molecule has 0 aliphatic rings. The second-order valence-electron chi connectivity index (χ2n) is 4.26. The predicted molar refractivity (Wildman–Crippen MR) is 83.4 cm³/mol. The molecular formula is C13H9Cl3FNO2S. The van der Waals surface area contributed by atoms with Crippen LogP contribution in [0.1, 0.15) is 5.56 Å². The third-order valence-corrected chi connectivity index (χ3v) is 5.11. The smallest absolute Gasteiger partial charge is 0.261 e. The quantitative estimate of drug-likeness (QED) is 0.838. The van der Waals surface area contributed by atoms with Crippen LogP contribution in [0.4, 0.5) is 10.1 Å². The Bertz CT molecular complexity index is 809. The Kier molecular flexibility index (Phi) is 4.68. The molecule has 0 amide bonds. The molecule has 0 atom stereocenters. The lowest BCUT2D eigenvalue weighted by molar-refractivity contribution is 0.601. The molecule has 0 unspecified atom stereocenters. The number of hydrogen-bond donors (Lipinski definition) is 1. The molecule has 1 N–H and O–H groups in total. The van der Waals surface area contributed by atoms with Gasteiger partial charge in [-0.1, -0.05) is 34.8 Å². The van der Waals surface area contributed by atoms with Crippen LogP contribution >= 0.6 is 34.8 Å². The maximum Gasteiger partial charge on any atom is 0.261 e. The van der Waals surface area contributed by atoms with E-state index in [0.717, 1.165) is 6.07 Å². The van der Waals surface area contributed by atoms with E-state index in [1.165, 1.54) is 31.2 Å². The molecule has 0 aliphatic carbocycles. The van der Waals surface area contributed by atoms with Crippen LogP contribution in [-0.4, -0.2) is 8.42 Å². The van der Waals surface area contributed by atoms with Gasteiger partial charge in [-0.25, -0.2) is 12.8 Å². The predicted octanol–water partition coefficient (Wildman–Crippen LogP) is 4.90. The van der Waals surface area contributed by atoms with Crippen LogP contribution in [0.5, 0.6) is 0 Å². The number of sulfonamides is 1. The maximum absolute atomic E-state index is 13.3. The van der Waals surface area contributed by atoms with Gasteiger partial charge in [0.15, 0.2) is 0 Å². The van der Waals surface area contributed by atoms with Crippen molar-refractivity contribution in [1.29, 1.82) is 0 Å². The Hall–Kier alpha value is -1.01. The fraction of sp³-hybridized carbons (Fsp3) is 0.0769. The standard InChI is InChI=1S/C13H9Cl3FNO2S/c1-7-4-13(11(16)6-12(7)17)18-21(19,20)8-2-3-9(14)10(15)5-8/h2-6,18H,1H3. The third kappa shape index (κ3) is 3.61. The summed E-state index contributed by atoms with van der Waals surface area (Å²) in [6.45, 7) is 1.50. The molecular weight excluding hydrogens is 360 g/mol. The van der Waals surface area contributed by atoms with E-state index in [-0.39, 0.29) is 31.2 Å². The Labute approximate surface area is 136 Å². The van der Waals surface area contributed by atoms with E-state index in [9.17, 15) is 12.8 Å². The molecule has 3 nitrogen and oxygen atoms in total. The van der Waals surface area contributed by atoms with Gasteiger partial charge in [-0.15, -0.1) is 0 Å². The molecule has 0 spiro atoms. The van der Waals surface area contributed by atoms with E-state index in [4.69, 9.17) is 34.8 Å². The molecule has 8 heteroatoms. The van der Waals surface area contributed by atoms with Crippen molar-refractivity contribution < 1.29 is 12.8 Å². The molecule has 21 heavy (non-hydrogen) atoms. The summed E-state index contributed by atoms with van der Waals surface area (Å²) in [5.74, 6) is -0.516. The zero-order valence-electron chi connectivity index (χ0n) is 10.6. The summed E-state index contributed by atoms with van der Waals surface area (Å²) in [5.41, 5.74) is 0.355. The Balaban J connectivity index is 2.42. The molecule has 0 saturated heterocycles. The van der Waals surface area contributed by atoms with Crippen molar-refractivity contribution in [2.45, 2.75) is 11.8 Å². The molecule has 0 aromatic heterocycles. The van der Waals surface area contributed by atoms with Gasteiger partial charge >= 0.3 is 0 Å². The van der Waals surface area contributed by atoms with Crippen molar-refractivity contribution in [2.75, 3.05) is 4.72 Å². The summed E-state index contributed by atoms with van der Waals surface area (Å²) in [7, 11) is -3.90. The second kappa shape index (κ2) is 6.01. The van der Waals surface area contributed by atoms with Crippen LogP contribution in [0.15, 0.2) is 35.2 Å². The first-order valence-electron chi connectivity index (χ1n) is 5.64. The van der Waals surface area contributed by atoms with Crippen LogP contribution < -0.4 is 4.72 Å². The van der Waals surface area contributed by atoms with Gasteiger partial charge < -0.3 is 0 Å². The number of hydrogen-bond acceptors (Lipinski definition) is 2. The van der Waals surface area contributed by atoms with E-state index >= 15 is 0 Å². The molecule has 0 fully saturated rings. The van der Waals surface area contributed by atoms with Gasteiger partial charge in [0.25, 0.3) is 10.0 Å². The minimum Gasteiger partial charge on any atom is -0.278 e. The molecule has 0 aliphatic heterocycles. The van der Waals surface area contributed by atoms with Crippen molar-refractivity contribution in [1.82, 2.24) is 0 Å². The van der Waals surface area contributed by atoms with Crippen LogP contribution in [0.3, 0.4) is 0 Å². The monoisotopic (exact) mass is 367 g/mol. The Morgan fingerprint density at radius 1 is 1.00 bits per heavy atom. The molecule has 0 radical (unpaired) electrons. The second-order valence-corrected chi connectivity index (χ2v) is 7.17. The van der Waals surface area contributed by atoms with E-state index in [0.29, 0.717) is 0 Å². The van der Waals surface area contributed by atoms with Crippen molar-refractivity contribution >= 4 is 50.5 Å². The number of nitrogens with one attached hydrogen (secondary N) is 1. The summed E-state index contributed by atoms with van der Waals surface area (Å²) in [6, 6.07) is 6.25. The summed E-state index contributed by atoms with van der Waals surface area (Å²) in [4.78, 5) is -0.0741. The molecule has 2 aromatic carbocycles. The third-order valence-electron chi connectivity index (χ3n) is 2.69. The molecule has 0 bridgehead atoms. The Morgan fingerprint density at radius 3 is 2.29 bits per heavy atom. The number of rotatable bonds is 3. The largest absolute Gasteiger partial charge is 0.278 e. The fourth-order valence-corrected chi connectivity index (χ4v) is 3.30. The first-order chi connectivity index (χ1) is 9.70. The number of anilines is 1.